The number of amides is 1. The number of nitrogens with one attached hydrogen (secondary N) is 1. The Morgan fingerprint density at radius 1 is 1.37 bits per heavy atom. The highest BCUT2D eigenvalue weighted by molar-refractivity contribution is 5.75. The molecule has 3 N–H and O–H groups in total. The van der Waals surface area contributed by atoms with E-state index in [9.17, 15) is 9.59 Å². The van der Waals surface area contributed by atoms with E-state index >= 15 is 0 Å². The molecule has 0 aliphatic rings. The molecule has 2 aromatic heterocycles. The molecule has 2 aromatic rings. The number of carbonyl (C=O) groups is 1. The van der Waals surface area contributed by atoms with Crippen LogP contribution in [0.5, 0.6) is 0 Å². The first-order valence-electron chi connectivity index (χ1n) is 6.23. The molecule has 0 aliphatic carbocycles. The molecule has 7 nitrogen and oxygen atoms in total. The number of aromatic nitrogens is 3. The van der Waals surface area contributed by atoms with Crippen molar-refractivity contribution in [1.82, 2.24) is 19.5 Å². The van der Waals surface area contributed by atoms with Gasteiger partial charge >= 0.3 is 5.69 Å². The Labute approximate surface area is 110 Å². The van der Waals surface area contributed by atoms with Crippen LogP contribution in [0, 0.1) is 0 Å². The predicted octanol–water partition coefficient (Wildman–Crippen LogP) is -0.649. The van der Waals surface area contributed by atoms with Crippen LogP contribution in [0.3, 0.4) is 0 Å². The molecule has 102 valence electrons. The van der Waals surface area contributed by atoms with Gasteiger partial charge in [0.15, 0.2) is 5.65 Å². The molecule has 19 heavy (non-hydrogen) atoms. The van der Waals surface area contributed by atoms with Crippen LogP contribution in [0.2, 0.25) is 0 Å². The van der Waals surface area contributed by atoms with Gasteiger partial charge in [0.2, 0.25) is 5.91 Å². The van der Waals surface area contributed by atoms with Crippen LogP contribution >= 0.6 is 0 Å². The largest absolute Gasteiger partial charge is 0.354 e. The smallest absolute Gasteiger partial charge is 0.350 e. The summed E-state index contributed by atoms with van der Waals surface area (Å²) in [5.41, 5.74) is 5.58. The predicted molar refractivity (Wildman–Crippen MR) is 70.8 cm³/mol. The lowest BCUT2D eigenvalue weighted by atomic mass is 10.3. The summed E-state index contributed by atoms with van der Waals surface area (Å²) in [5, 5.41) is 6.82. The van der Waals surface area contributed by atoms with Crippen LogP contribution in [0.1, 0.15) is 12.8 Å². The minimum atomic E-state index is -0.312. The van der Waals surface area contributed by atoms with Crippen molar-refractivity contribution in [2.75, 3.05) is 13.1 Å². The van der Waals surface area contributed by atoms with Crippen LogP contribution < -0.4 is 16.7 Å². The average Bonchev–Trinajstić information content (AvgIpc) is 2.72. The van der Waals surface area contributed by atoms with Crippen LogP contribution in [-0.4, -0.2) is 33.2 Å². The van der Waals surface area contributed by atoms with Crippen LogP contribution in [0.4, 0.5) is 0 Å². The molecule has 0 spiro atoms. The molecule has 0 bridgehead atoms. The zero-order valence-corrected chi connectivity index (χ0v) is 10.6. The third kappa shape index (κ3) is 3.19. The molecule has 0 radical (unpaired) electrons. The Kier molecular flexibility index (Phi) is 4.30. The molecule has 0 unspecified atom stereocenters. The van der Waals surface area contributed by atoms with Crippen molar-refractivity contribution in [3.8, 4) is 0 Å². The van der Waals surface area contributed by atoms with Gasteiger partial charge in [0.1, 0.15) is 6.54 Å². The fourth-order valence-electron chi connectivity index (χ4n) is 1.76. The molecule has 2 rings (SSSR count). The van der Waals surface area contributed by atoms with Gasteiger partial charge in [0, 0.05) is 12.7 Å². The van der Waals surface area contributed by atoms with Crippen molar-refractivity contribution in [2.24, 2.45) is 5.73 Å². The third-order valence-corrected chi connectivity index (χ3v) is 2.73. The van der Waals surface area contributed by atoms with E-state index in [0.29, 0.717) is 18.7 Å². The second-order valence-electron chi connectivity index (χ2n) is 4.21. The van der Waals surface area contributed by atoms with Gasteiger partial charge in [-0.15, -0.1) is 5.10 Å². The first-order valence-corrected chi connectivity index (χ1v) is 6.23. The number of nitrogens with two attached hydrogens (primary N) is 1. The van der Waals surface area contributed by atoms with Crippen LogP contribution in [0.25, 0.3) is 5.65 Å². The lowest BCUT2D eigenvalue weighted by molar-refractivity contribution is -0.121. The van der Waals surface area contributed by atoms with Gasteiger partial charge in [0.05, 0.1) is 0 Å². The van der Waals surface area contributed by atoms with Crippen molar-refractivity contribution < 1.29 is 4.79 Å². The maximum absolute atomic E-state index is 11.9. The average molecular weight is 263 g/mol. The first kappa shape index (κ1) is 13.3. The Morgan fingerprint density at radius 3 is 2.95 bits per heavy atom. The van der Waals surface area contributed by atoms with Crippen molar-refractivity contribution in [3.05, 3.63) is 34.9 Å². The van der Waals surface area contributed by atoms with Crippen LogP contribution in [0.15, 0.2) is 29.2 Å². The molecule has 0 saturated heterocycles. The van der Waals surface area contributed by atoms with Crippen molar-refractivity contribution in [2.45, 2.75) is 19.4 Å². The topological polar surface area (TPSA) is 94.4 Å². The van der Waals surface area contributed by atoms with Crippen molar-refractivity contribution in [1.29, 1.82) is 0 Å². The maximum atomic E-state index is 11.9. The fourth-order valence-corrected chi connectivity index (χ4v) is 1.76. The van der Waals surface area contributed by atoms with Gasteiger partial charge in [-0.1, -0.05) is 6.07 Å². The molecule has 7 heteroatoms. The summed E-state index contributed by atoms with van der Waals surface area (Å²) >= 11 is 0. The SMILES string of the molecule is NCCCCNC(=O)Cn1nc2ccccn2c1=O. The second-order valence-corrected chi connectivity index (χ2v) is 4.21. The number of rotatable bonds is 6. The van der Waals surface area contributed by atoms with Gasteiger partial charge in [-0.2, -0.15) is 0 Å². The van der Waals surface area contributed by atoms with E-state index in [1.54, 1.807) is 24.4 Å². The standard InChI is InChI=1S/C12H17N5O2/c13-6-2-3-7-14-11(18)9-17-12(19)16-8-4-1-5-10(16)15-17/h1,4-5,8H,2-3,6-7,9,13H2,(H,14,18). The molecule has 0 atom stereocenters. The Morgan fingerprint density at radius 2 is 2.21 bits per heavy atom. The lowest BCUT2D eigenvalue weighted by Gasteiger charge is -2.03. The molecule has 2 heterocycles. The number of fused-ring (bicyclic) bond motifs is 1. The Bertz CT molecular complexity index is 616. The van der Waals surface area contributed by atoms with E-state index in [4.69, 9.17) is 5.73 Å². The number of hydrogen-bond donors (Lipinski definition) is 2. The summed E-state index contributed by atoms with van der Waals surface area (Å²) in [7, 11) is 0. The summed E-state index contributed by atoms with van der Waals surface area (Å²) in [6.45, 7) is 1.11. The van der Waals surface area contributed by atoms with Crippen LogP contribution in [-0.2, 0) is 11.3 Å². The van der Waals surface area contributed by atoms with Crippen molar-refractivity contribution >= 4 is 11.6 Å². The lowest BCUT2D eigenvalue weighted by Crippen LogP contribution is -2.33. The molecular formula is C12H17N5O2. The second kappa shape index (κ2) is 6.14. The summed E-state index contributed by atoms with van der Waals surface area (Å²) in [4.78, 5) is 23.6. The monoisotopic (exact) mass is 263 g/mol. The molecule has 0 aliphatic heterocycles. The number of hydrogen-bond acceptors (Lipinski definition) is 4. The zero-order valence-electron chi connectivity index (χ0n) is 10.6. The Hall–Kier alpha value is -2.15. The number of carbonyl (C=O) groups excluding carboxylic acids is 1. The van der Waals surface area contributed by atoms with Crippen molar-refractivity contribution in [3.63, 3.8) is 0 Å². The van der Waals surface area contributed by atoms with Gasteiger partial charge in [0.25, 0.3) is 0 Å². The van der Waals surface area contributed by atoms with Gasteiger partial charge < -0.3 is 11.1 Å². The van der Waals surface area contributed by atoms with Gasteiger partial charge in [-0.05, 0) is 31.5 Å². The highest BCUT2D eigenvalue weighted by atomic mass is 16.2. The third-order valence-electron chi connectivity index (χ3n) is 2.73. The molecular weight excluding hydrogens is 246 g/mol. The van der Waals surface area contributed by atoms with E-state index in [2.05, 4.69) is 10.4 Å². The summed E-state index contributed by atoms with van der Waals surface area (Å²) in [6.07, 6.45) is 3.33. The number of pyridine rings is 1. The highest BCUT2D eigenvalue weighted by Gasteiger charge is 2.09. The first-order chi connectivity index (χ1) is 9.22. The number of unbranched alkanes of at least 4 members (excludes halogenated alkanes) is 1. The molecule has 1 amide bonds. The normalized spacial score (nSPS) is 10.8. The number of nitrogens with zero attached hydrogens (tertiary/aromatic N) is 3. The fraction of sp³-hybridized carbons (Fsp3) is 0.417. The summed E-state index contributed by atoms with van der Waals surface area (Å²) in [6, 6.07) is 5.25. The van der Waals surface area contributed by atoms with Gasteiger partial charge in [-0.25, -0.2) is 9.48 Å². The summed E-state index contributed by atoms with van der Waals surface area (Å²) in [5.74, 6) is -0.220. The van der Waals surface area contributed by atoms with E-state index in [1.165, 1.54) is 4.40 Å². The molecule has 0 fully saturated rings. The van der Waals surface area contributed by atoms with E-state index in [-0.39, 0.29) is 18.1 Å². The molecule has 0 saturated carbocycles. The zero-order chi connectivity index (χ0) is 13.7. The minimum absolute atomic E-state index is 0.0663. The highest BCUT2D eigenvalue weighted by Crippen LogP contribution is 1.94. The minimum Gasteiger partial charge on any atom is -0.354 e. The van der Waals surface area contributed by atoms with E-state index < -0.39 is 0 Å². The quantitative estimate of drug-likeness (QED) is 0.677. The maximum Gasteiger partial charge on any atom is 0.350 e. The summed E-state index contributed by atoms with van der Waals surface area (Å²) < 4.78 is 2.56. The Balaban J connectivity index is 1.99. The van der Waals surface area contributed by atoms with E-state index in [0.717, 1.165) is 17.5 Å². The van der Waals surface area contributed by atoms with E-state index in [1.807, 2.05) is 0 Å². The van der Waals surface area contributed by atoms with Gasteiger partial charge in [-0.3, -0.25) is 9.20 Å². The molecule has 0 aromatic carbocycles.